The van der Waals surface area contributed by atoms with Crippen molar-refractivity contribution in [1.82, 2.24) is 0 Å². The highest BCUT2D eigenvalue weighted by Gasteiger charge is 2.33. The van der Waals surface area contributed by atoms with Gasteiger partial charge in [0.1, 0.15) is 11.6 Å². The fourth-order valence-corrected chi connectivity index (χ4v) is 2.41. The Bertz CT molecular complexity index is 852. The molecule has 0 aliphatic heterocycles. The Morgan fingerprint density at radius 2 is 1.74 bits per heavy atom. The predicted molar refractivity (Wildman–Crippen MR) is 89.1 cm³/mol. The number of alkyl halides is 3. The van der Waals surface area contributed by atoms with Gasteiger partial charge in [0.05, 0.1) is 16.9 Å². The summed E-state index contributed by atoms with van der Waals surface area (Å²) in [5.41, 5.74) is -1.66. The molecule has 0 aromatic heterocycles. The number of rotatable bonds is 5. The number of carbonyl (C=O) groups excluding carboxylic acids is 2. The van der Waals surface area contributed by atoms with Crippen LogP contribution in [0.4, 0.5) is 33.3 Å². The van der Waals surface area contributed by atoms with Crippen molar-refractivity contribution in [3.63, 3.8) is 0 Å². The van der Waals surface area contributed by atoms with E-state index in [0.717, 1.165) is 36.1 Å². The van der Waals surface area contributed by atoms with Crippen LogP contribution in [-0.2, 0) is 15.8 Å². The second-order valence-electron chi connectivity index (χ2n) is 5.61. The van der Waals surface area contributed by atoms with Gasteiger partial charge in [0.2, 0.25) is 11.8 Å². The minimum absolute atomic E-state index is 0.229. The van der Waals surface area contributed by atoms with Gasteiger partial charge in [0.15, 0.2) is 0 Å². The lowest BCUT2D eigenvalue weighted by Gasteiger charge is -2.21. The fourth-order valence-electron chi connectivity index (χ4n) is 2.41. The van der Waals surface area contributed by atoms with Gasteiger partial charge in [-0.15, -0.1) is 0 Å². The highest BCUT2D eigenvalue weighted by molar-refractivity contribution is 5.95. The summed E-state index contributed by atoms with van der Waals surface area (Å²) < 4.78 is 65.7. The molecule has 0 saturated carbocycles. The Morgan fingerprint density at radius 3 is 2.33 bits per heavy atom. The molecule has 27 heavy (non-hydrogen) atoms. The summed E-state index contributed by atoms with van der Waals surface area (Å²) >= 11 is 0. The van der Waals surface area contributed by atoms with Gasteiger partial charge in [-0.05, 0) is 24.3 Å². The Hall–Kier alpha value is -2.97. The van der Waals surface area contributed by atoms with E-state index in [1.165, 1.54) is 12.1 Å². The maximum Gasteiger partial charge on any atom is 0.418 e. The van der Waals surface area contributed by atoms with Crippen molar-refractivity contribution in [3.8, 4) is 0 Å². The molecule has 0 unspecified atom stereocenters. The molecule has 0 bridgehead atoms. The second-order valence-corrected chi connectivity index (χ2v) is 5.61. The molecule has 0 heterocycles. The standard InChI is InChI=1S/C18H15F5N2O2/c1-11(26)25(16-7-6-12(19)10-14(16)20)9-8-17(27)24-15-5-3-2-4-13(15)18(21,22)23/h2-7,10H,8-9H2,1H3,(H,24,27). The number of amides is 2. The molecule has 0 aliphatic rings. The zero-order valence-electron chi connectivity index (χ0n) is 14.1. The number of benzene rings is 2. The van der Waals surface area contributed by atoms with Gasteiger partial charge < -0.3 is 10.2 Å². The molecule has 0 atom stereocenters. The lowest BCUT2D eigenvalue weighted by Crippen LogP contribution is -2.32. The van der Waals surface area contributed by atoms with Crippen LogP contribution in [0.1, 0.15) is 18.9 Å². The molecule has 2 amide bonds. The van der Waals surface area contributed by atoms with Crippen molar-refractivity contribution in [3.05, 3.63) is 59.7 Å². The molecular formula is C18H15F5N2O2. The van der Waals surface area contributed by atoms with Gasteiger partial charge >= 0.3 is 6.18 Å². The molecule has 2 rings (SSSR count). The van der Waals surface area contributed by atoms with Crippen LogP contribution in [0.5, 0.6) is 0 Å². The number of anilines is 2. The van der Waals surface area contributed by atoms with Crippen molar-refractivity contribution in [2.75, 3.05) is 16.8 Å². The number of para-hydroxylation sites is 1. The van der Waals surface area contributed by atoms with Crippen LogP contribution in [0.25, 0.3) is 0 Å². The molecular weight excluding hydrogens is 371 g/mol. The average Bonchev–Trinajstić information content (AvgIpc) is 2.56. The zero-order chi connectivity index (χ0) is 20.2. The third-order valence-electron chi connectivity index (χ3n) is 3.65. The van der Waals surface area contributed by atoms with Crippen LogP contribution in [0.2, 0.25) is 0 Å². The Labute approximate surface area is 151 Å². The summed E-state index contributed by atoms with van der Waals surface area (Å²) in [6.45, 7) is 0.831. The number of halogens is 5. The maximum atomic E-state index is 13.9. The average molecular weight is 386 g/mol. The lowest BCUT2D eigenvalue weighted by atomic mass is 10.1. The van der Waals surface area contributed by atoms with E-state index in [-0.39, 0.29) is 18.7 Å². The molecule has 0 aliphatic carbocycles. The van der Waals surface area contributed by atoms with Crippen molar-refractivity contribution < 1.29 is 31.5 Å². The minimum atomic E-state index is -4.65. The summed E-state index contributed by atoms with van der Waals surface area (Å²) in [5.74, 6) is -3.22. The van der Waals surface area contributed by atoms with Crippen molar-refractivity contribution in [2.45, 2.75) is 19.5 Å². The molecule has 0 fully saturated rings. The molecule has 144 valence electrons. The number of nitrogens with one attached hydrogen (secondary N) is 1. The van der Waals surface area contributed by atoms with E-state index in [2.05, 4.69) is 5.32 Å². The summed E-state index contributed by atoms with van der Waals surface area (Å²) in [6, 6.07) is 7.03. The topological polar surface area (TPSA) is 49.4 Å². The van der Waals surface area contributed by atoms with Crippen LogP contribution in [0.3, 0.4) is 0 Å². The van der Waals surface area contributed by atoms with E-state index in [9.17, 15) is 31.5 Å². The van der Waals surface area contributed by atoms with Crippen LogP contribution >= 0.6 is 0 Å². The van der Waals surface area contributed by atoms with Crippen LogP contribution in [-0.4, -0.2) is 18.4 Å². The first-order chi connectivity index (χ1) is 12.6. The van der Waals surface area contributed by atoms with Gasteiger partial charge in [-0.3, -0.25) is 9.59 Å². The van der Waals surface area contributed by atoms with Crippen LogP contribution in [0.15, 0.2) is 42.5 Å². The normalized spacial score (nSPS) is 11.2. The quantitative estimate of drug-likeness (QED) is 0.776. The number of hydrogen-bond donors (Lipinski definition) is 1. The zero-order valence-corrected chi connectivity index (χ0v) is 14.1. The molecule has 1 N–H and O–H groups in total. The van der Waals surface area contributed by atoms with Crippen LogP contribution in [0, 0.1) is 11.6 Å². The maximum absolute atomic E-state index is 13.9. The Kier molecular flexibility index (Phi) is 6.14. The van der Waals surface area contributed by atoms with E-state index in [0.29, 0.717) is 6.07 Å². The van der Waals surface area contributed by atoms with Gasteiger partial charge in [0.25, 0.3) is 0 Å². The van der Waals surface area contributed by atoms with E-state index < -0.39 is 40.9 Å². The van der Waals surface area contributed by atoms with E-state index >= 15 is 0 Å². The van der Waals surface area contributed by atoms with Crippen molar-refractivity contribution in [1.29, 1.82) is 0 Å². The smallest absolute Gasteiger partial charge is 0.325 e. The Morgan fingerprint density at radius 1 is 1.07 bits per heavy atom. The highest BCUT2D eigenvalue weighted by atomic mass is 19.4. The predicted octanol–water partition coefficient (Wildman–Crippen LogP) is 4.37. The molecule has 2 aromatic carbocycles. The lowest BCUT2D eigenvalue weighted by molar-refractivity contribution is -0.137. The van der Waals surface area contributed by atoms with E-state index in [4.69, 9.17) is 0 Å². The second kappa shape index (κ2) is 8.15. The first kappa shape index (κ1) is 20.3. The van der Waals surface area contributed by atoms with Crippen molar-refractivity contribution in [2.24, 2.45) is 0 Å². The van der Waals surface area contributed by atoms with E-state index in [1.54, 1.807) is 0 Å². The first-order valence-electron chi connectivity index (χ1n) is 7.79. The molecule has 9 heteroatoms. The molecule has 0 spiro atoms. The third kappa shape index (κ3) is 5.25. The highest BCUT2D eigenvalue weighted by Crippen LogP contribution is 2.34. The van der Waals surface area contributed by atoms with Gasteiger partial charge in [-0.25, -0.2) is 8.78 Å². The van der Waals surface area contributed by atoms with Gasteiger partial charge in [-0.1, -0.05) is 12.1 Å². The number of carbonyl (C=O) groups is 2. The molecule has 2 aromatic rings. The van der Waals surface area contributed by atoms with Gasteiger partial charge in [-0.2, -0.15) is 13.2 Å². The summed E-state index contributed by atoms with van der Waals surface area (Å²) in [7, 11) is 0. The summed E-state index contributed by atoms with van der Waals surface area (Å²) in [5, 5.41) is 2.14. The van der Waals surface area contributed by atoms with Crippen molar-refractivity contribution >= 4 is 23.2 Å². The minimum Gasteiger partial charge on any atom is -0.325 e. The van der Waals surface area contributed by atoms with Gasteiger partial charge in [0, 0.05) is 26.0 Å². The monoisotopic (exact) mass is 386 g/mol. The summed E-state index contributed by atoms with van der Waals surface area (Å²) in [6.07, 6.45) is -5.03. The van der Waals surface area contributed by atoms with E-state index in [1.807, 2.05) is 0 Å². The first-order valence-corrected chi connectivity index (χ1v) is 7.79. The number of nitrogens with zero attached hydrogens (tertiary/aromatic N) is 1. The SMILES string of the molecule is CC(=O)N(CCC(=O)Nc1ccccc1C(F)(F)F)c1ccc(F)cc1F. The fraction of sp³-hybridized carbons (Fsp3) is 0.222. The third-order valence-corrected chi connectivity index (χ3v) is 3.65. The largest absolute Gasteiger partial charge is 0.418 e. The summed E-state index contributed by atoms with van der Waals surface area (Å²) in [4.78, 5) is 24.6. The van der Waals surface area contributed by atoms with Crippen LogP contribution < -0.4 is 10.2 Å². The molecule has 0 radical (unpaired) electrons. The number of hydrogen-bond acceptors (Lipinski definition) is 2. The molecule has 4 nitrogen and oxygen atoms in total. The molecule has 0 saturated heterocycles. The Balaban J connectivity index is 2.11.